The van der Waals surface area contributed by atoms with E-state index in [2.05, 4.69) is 10.5 Å². The predicted molar refractivity (Wildman–Crippen MR) is 94.8 cm³/mol. The van der Waals surface area contributed by atoms with Crippen LogP contribution in [0.2, 0.25) is 0 Å². The van der Waals surface area contributed by atoms with Crippen LogP contribution >= 0.6 is 0 Å². The second kappa shape index (κ2) is 6.92. The summed E-state index contributed by atoms with van der Waals surface area (Å²) in [5.41, 5.74) is 3.67. The molecule has 3 aromatic rings. The lowest BCUT2D eigenvalue weighted by Gasteiger charge is -2.05. The summed E-state index contributed by atoms with van der Waals surface area (Å²) in [5, 5.41) is 6.86. The van der Waals surface area contributed by atoms with E-state index in [1.54, 1.807) is 6.07 Å². The summed E-state index contributed by atoms with van der Waals surface area (Å²) >= 11 is 0. The molecule has 1 aromatic heterocycles. The molecule has 0 spiro atoms. The number of carbonyl (C=O) groups excluding carboxylic acids is 1. The van der Waals surface area contributed by atoms with Crippen LogP contribution in [-0.4, -0.2) is 17.9 Å². The summed E-state index contributed by atoms with van der Waals surface area (Å²) in [6.07, 6.45) is 0.167. The van der Waals surface area contributed by atoms with E-state index in [1.807, 2.05) is 49.4 Å². The molecule has 4 rings (SSSR count). The van der Waals surface area contributed by atoms with Gasteiger partial charge in [0.15, 0.2) is 17.3 Å². The molecular weight excluding hydrogens is 332 g/mol. The van der Waals surface area contributed by atoms with Crippen LogP contribution in [0.3, 0.4) is 0 Å². The molecule has 6 heteroatoms. The van der Waals surface area contributed by atoms with E-state index >= 15 is 0 Å². The van der Waals surface area contributed by atoms with Gasteiger partial charge in [-0.2, -0.15) is 0 Å². The fourth-order valence-corrected chi connectivity index (χ4v) is 2.73. The van der Waals surface area contributed by atoms with Crippen LogP contribution in [0.25, 0.3) is 11.3 Å². The molecule has 2 aromatic carbocycles. The van der Waals surface area contributed by atoms with Gasteiger partial charge in [0.2, 0.25) is 12.7 Å². The number of carbonyl (C=O) groups is 1. The van der Waals surface area contributed by atoms with E-state index in [-0.39, 0.29) is 19.1 Å². The highest BCUT2D eigenvalue weighted by molar-refractivity contribution is 5.78. The van der Waals surface area contributed by atoms with Gasteiger partial charge in [0.1, 0.15) is 0 Å². The van der Waals surface area contributed by atoms with Crippen molar-refractivity contribution in [3.8, 4) is 22.8 Å². The summed E-state index contributed by atoms with van der Waals surface area (Å²) in [5.74, 6) is 1.97. The van der Waals surface area contributed by atoms with E-state index in [9.17, 15) is 4.79 Å². The number of aromatic nitrogens is 1. The number of amides is 1. The van der Waals surface area contributed by atoms with Crippen LogP contribution in [-0.2, 0) is 17.8 Å². The van der Waals surface area contributed by atoms with Crippen molar-refractivity contribution >= 4 is 5.91 Å². The van der Waals surface area contributed by atoms with Crippen molar-refractivity contribution in [2.24, 2.45) is 0 Å². The molecule has 0 atom stereocenters. The average molecular weight is 350 g/mol. The molecule has 1 aliphatic rings. The molecule has 0 saturated carbocycles. The lowest BCUT2D eigenvalue weighted by Crippen LogP contribution is -2.24. The summed E-state index contributed by atoms with van der Waals surface area (Å²) < 4.78 is 16.0. The van der Waals surface area contributed by atoms with Crippen molar-refractivity contribution in [1.82, 2.24) is 10.5 Å². The fourth-order valence-electron chi connectivity index (χ4n) is 2.73. The van der Waals surface area contributed by atoms with Crippen LogP contribution in [0, 0.1) is 6.92 Å². The third-order valence-corrected chi connectivity index (χ3v) is 4.16. The van der Waals surface area contributed by atoms with Gasteiger partial charge in [-0.05, 0) is 24.6 Å². The van der Waals surface area contributed by atoms with Crippen LogP contribution < -0.4 is 14.8 Å². The molecule has 1 N–H and O–H groups in total. The Kier molecular flexibility index (Phi) is 4.31. The molecule has 0 aliphatic carbocycles. The molecule has 1 amide bonds. The van der Waals surface area contributed by atoms with Crippen molar-refractivity contribution in [3.63, 3.8) is 0 Å². The molecular formula is C20H18N2O4. The largest absolute Gasteiger partial charge is 0.454 e. The number of benzene rings is 2. The van der Waals surface area contributed by atoms with E-state index in [4.69, 9.17) is 14.0 Å². The number of rotatable bonds is 5. The molecule has 1 aliphatic heterocycles. The lowest BCUT2D eigenvalue weighted by molar-refractivity contribution is -0.120. The number of hydrogen-bond acceptors (Lipinski definition) is 5. The maximum Gasteiger partial charge on any atom is 0.231 e. The first-order chi connectivity index (χ1) is 12.7. The standard InChI is InChI=1S/C20H18N2O4/c1-13-2-5-15(6-3-13)18-9-16(22-26-18)10-20(23)21-11-14-4-7-17-19(8-14)25-12-24-17/h2-9H,10-12H2,1H3,(H,21,23). The van der Waals surface area contributed by atoms with E-state index < -0.39 is 0 Å². The Morgan fingerprint density at radius 1 is 1.08 bits per heavy atom. The Morgan fingerprint density at radius 3 is 2.73 bits per heavy atom. The van der Waals surface area contributed by atoms with Crippen LogP contribution in [0.15, 0.2) is 53.1 Å². The SMILES string of the molecule is Cc1ccc(-c2cc(CC(=O)NCc3ccc4c(c3)OCO4)no2)cc1. The Bertz CT molecular complexity index is 931. The van der Waals surface area contributed by atoms with Crippen molar-refractivity contribution in [2.45, 2.75) is 19.9 Å². The number of nitrogens with one attached hydrogen (secondary N) is 1. The van der Waals surface area contributed by atoms with Crippen molar-refractivity contribution < 1.29 is 18.8 Å². The first-order valence-corrected chi connectivity index (χ1v) is 8.35. The second-order valence-corrected chi connectivity index (χ2v) is 6.19. The maximum absolute atomic E-state index is 12.2. The van der Waals surface area contributed by atoms with E-state index in [1.165, 1.54) is 5.56 Å². The molecule has 6 nitrogen and oxygen atoms in total. The number of ether oxygens (including phenoxy) is 2. The first-order valence-electron chi connectivity index (χ1n) is 8.35. The monoisotopic (exact) mass is 350 g/mol. The molecule has 0 saturated heterocycles. The number of fused-ring (bicyclic) bond motifs is 1. The zero-order chi connectivity index (χ0) is 17.9. The zero-order valence-corrected chi connectivity index (χ0v) is 14.3. The van der Waals surface area contributed by atoms with Crippen molar-refractivity contribution in [2.75, 3.05) is 6.79 Å². The number of aryl methyl sites for hydroxylation is 1. The normalized spacial score (nSPS) is 12.2. The Morgan fingerprint density at radius 2 is 1.88 bits per heavy atom. The third-order valence-electron chi connectivity index (χ3n) is 4.16. The highest BCUT2D eigenvalue weighted by Gasteiger charge is 2.14. The minimum absolute atomic E-state index is 0.119. The topological polar surface area (TPSA) is 73.6 Å². The Balaban J connectivity index is 1.34. The third kappa shape index (κ3) is 3.54. The van der Waals surface area contributed by atoms with Gasteiger partial charge in [-0.3, -0.25) is 4.79 Å². The summed E-state index contributed by atoms with van der Waals surface area (Å²) in [4.78, 5) is 12.2. The highest BCUT2D eigenvalue weighted by atomic mass is 16.7. The molecule has 132 valence electrons. The summed E-state index contributed by atoms with van der Waals surface area (Å²) in [6, 6.07) is 15.4. The fraction of sp³-hybridized carbons (Fsp3) is 0.200. The van der Waals surface area contributed by atoms with Crippen LogP contribution in [0.5, 0.6) is 11.5 Å². The molecule has 0 radical (unpaired) electrons. The van der Waals surface area contributed by atoms with E-state index in [0.29, 0.717) is 23.7 Å². The summed E-state index contributed by atoms with van der Waals surface area (Å²) in [6.45, 7) is 2.68. The minimum atomic E-state index is -0.119. The quantitative estimate of drug-likeness (QED) is 0.765. The Labute approximate surface area is 150 Å². The molecule has 26 heavy (non-hydrogen) atoms. The van der Waals surface area contributed by atoms with Gasteiger partial charge in [-0.1, -0.05) is 41.1 Å². The van der Waals surface area contributed by atoms with Gasteiger partial charge in [0.05, 0.1) is 12.1 Å². The van der Waals surface area contributed by atoms with Crippen molar-refractivity contribution in [3.05, 3.63) is 65.4 Å². The van der Waals surface area contributed by atoms with Crippen molar-refractivity contribution in [1.29, 1.82) is 0 Å². The van der Waals surface area contributed by atoms with Gasteiger partial charge in [0, 0.05) is 18.2 Å². The average Bonchev–Trinajstić information content (AvgIpc) is 3.29. The molecule has 0 fully saturated rings. The van der Waals surface area contributed by atoms with Gasteiger partial charge < -0.3 is 19.3 Å². The molecule has 2 heterocycles. The van der Waals surface area contributed by atoms with Gasteiger partial charge in [-0.15, -0.1) is 0 Å². The van der Waals surface area contributed by atoms with Gasteiger partial charge in [-0.25, -0.2) is 0 Å². The van der Waals surface area contributed by atoms with Crippen LogP contribution in [0.1, 0.15) is 16.8 Å². The predicted octanol–water partition coefficient (Wildman–Crippen LogP) is 3.24. The molecule has 0 unspecified atom stereocenters. The van der Waals surface area contributed by atoms with Gasteiger partial charge >= 0.3 is 0 Å². The number of nitrogens with zero attached hydrogens (tertiary/aromatic N) is 1. The molecule has 0 bridgehead atoms. The summed E-state index contributed by atoms with van der Waals surface area (Å²) in [7, 11) is 0. The Hall–Kier alpha value is -3.28. The van der Waals surface area contributed by atoms with Crippen LogP contribution in [0.4, 0.5) is 0 Å². The second-order valence-electron chi connectivity index (χ2n) is 6.19. The van der Waals surface area contributed by atoms with E-state index in [0.717, 1.165) is 16.9 Å². The lowest BCUT2D eigenvalue weighted by atomic mass is 10.1. The van der Waals surface area contributed by atoms with Gasteiger partial charge in [0.25, 0.3) is 0 Å². The number of hydrogen-bond donors (Lipinski definition) is 1. The smallest absolute Gasteiger partial charge is 0.231 e. The zero-order valence-electron chi connectivity index (χ0n) is 14.3. The first kappa shape index (κ1) is 16.2. The minimum Gasteiger partial charge on any atom is -0.454 e. The highest BCUT2D eigenvalue weighted by Crippen LogP contribution is 2.32. The maximum atomic E-state index is 12.2.